The summed E-state index contributed by atoms with van der Waals surface area (Å²) in [6.45, 7) is 6.05. The Kier molecular flexibility index (Phi) is 7.38. The fraction of sp³-hybridized carbons (Fsp3) is 0.345. The van der Waals surface area contributed by atoms with Gasteiger partial charge in [-0.15, -0.1) is 5.10 Å². The number of para-hydroxylation sites is 1. The molecule has 1 aromatic heterocycles. The van der Waals surface area contributed by atoms with Crippen molar-refractivity contribution in [2.24, 2.45) is 12.8 Å². The lowest BCUT2D eigenvalue weighted by atomic mass is 9.82. The lowest BCUT2D eigenvalue weighted by Crippen LogP contribution is -2.38. The van der Waals surface area contributed by atoms with Gasteiger partial charge in [0.2, 0.25) is 10.0 Å². The average molecular weight is 564 g/mol. The molecule has 5 rings (SSSR count). The number of fused-ring (bicyclic) bond motifs is 2. The summed E-state index contributed by atoms with van der Waals surface area (Å²) in [5.74, 6) is -1.48. The quantitative estimate of drug-likeness (QED) is 0.348. The molecule has 0 saturated carbocycles. The third kappa shape index (κ3) is 4.85. The first kappa shape index (κ1) is 27.8. The van der Waals surface area contributed by atoms with Crippen LogP contribution in [0.25, 0.3) is 11.0 Å². The van der Waals surface area contributed by atoms with Gasteiger partial charge >= 0.3 is 5.97 Å². The van der Waals surface area contributed by atoms with E-state index < -0.39 is 28.0 Å². The number of benzene rings is 3. The highest BCUT2D eigenvalue weighted by atomic mass is 32.2. The number of rotatable bonds is 7. The van der Waals surface area contributed by atoms with Crippen LogP contribution in [0.5, 0.6) is 5.75 Å². The maximum absolute atomic E-state index is 13.7. The Hall–Kier alpha value is -3.80. The van der Waals surface area contributed by atoms with Crippen molar-refractivity contribution in [1.29, 1.82) is 0 Å². The van der Waals surface area contributed by atoms with Gasteiger partial charge in [-0.1, -0.05) is 48.5 Å². The second-order valence-electron chi connectivity index (χ2n) is 10.3. The largest absolute Gasteiger partial charge is 0.488 e. The van der Waals surface area contributed by atoms with Crippen LogP contribution in [0.3, 0.4) is 0 Å². The highest BCUT2D eigenvalue weighted by Gasteiger charge is 2.35. The van der Waals surface area contributed by atoms with Gasteiger partial charge < -0.3 is 15.6 Å². The van der Waals surface area contributed by atoms with Crippen molar-refractivity contribution in [3.8, 4) is 5.75 Å². The monoisotopic (exact) mass is 563 g/mol. The second-order valence-corrected chi connectivity index (χ2v) is 12.2. The molecule has 0 fully saturated rings. The molecule has 3 aromatic carbocycles. The number of aryl methyl sites for hydroxylation is 3. The molecule has 0 amide bonds. The minimum atomic E-state index is -3.85. The lowest BCUT2D eigenvalue weighted by Gasteiger charge is -2.26. The molecular weight excluding hydrogens is 530 g/mol. The number of hydrogen-bond donors (Lipinski definition) is 2. The zero-order valence-corrected chi connectivity index (χ0v) is 23.7. The molecule has 1 aliphatic heterocycles. The second kappa shape index (κ2) is 10.6. The van der Waals surface area contributed by atoms with E-state index in [9.17, 15) is 18.3 Å². The van der Waals surface area contributed by atoms with Crippen molar-refractivity contribution in [2.75, 3.05) is 6.54 Å². The molecule has 3 N–H and O–H groups in total. The van der Waals surface area contributed by atoms with Crippen LogP contribution in [0.2, 0.25) is 0 Å². The average Bonchev–Trinajstić information content (AvgIpc) is 3.27. The minimum Gasteiger partial charge on any atom is -0.488 e. The zero-order valence-electron chi connectivity index (χ0n) is 22.9. The van der Waals surface area contributed by atoms with Crippen molar-refractivity contribution in [3.63, 3.8) is 0 Å². The molecule has 4 aromatic rings. The Balaban J connectivity index is 1.59. The smallest absolute Gasteiger partial charge is 0.321 e. The van der Waals surface area contributed by atoms with E-state index in [0.717, 1.165) is 27.8 Å². The molecule has 2 heterocycles. The highest BCUT2D eigenvalue weighted by Crippen LogP contribution is 2.36. The maximum atomic E-state index is 13.7. The van der Waals surface area contributed by atoms with Crippen molar-refractivity contribution >= 4 is 27.0 Å². The Bertz CT molecular complexity index is 1700. The Morgan fingerprint density at radius 3 is 2.65 bits per heavy atom. The van der Waals surface area contributed by atoms with Crippen LogP contribution in [-0.4, -0.2) is 57.5 Å². The first-order valence-electron chi connectivity index (χ1n) is 13.2. The van der Waals surface area contributed by atoms with E-state index in [1.807, 2.05) is 51.1 Å². The van der Waals surface area contributed by atoms with Crippen LogP contribution in [0.15, 0.2) is 59.5 Å². The van der Waals surface area contributed by atoms with Crippen molar-refractivity contribution in [1.82, 2.24) is 19.3 Å². The van der Waals surface area contributed by atoms with Crippen LogP contribution >= 0.6 is 0 Å². The van der Waals surface area contributed by atoms with E-state index >= 15 is 0 Å². The summed E-state index contributed by atoms with van der Waals surface area (Å²) in [4.78, 5) is 12.3. The van der Waals surface area contributed by atoms with Crippen LogP contribution in [0.4, 0.5) is 0 Å². The van der Waals surface area contributed by atoms with Crippen LogP contribution in [0, 0.1) is 13.8 Å². The fourth-order valence-corrected chi connectivity index (χ4v) is 6.93. The predicted molar refractivity (Wildman–Crippen MR) is 151 cm³/mol. The van der Waals surface area contributed by atoms with Gasteiger partial charge in [-0.25, -0.2) is 13.1 Å². The number of carboxylic acid groups (broad SMARTS) is 1. The van der Waals surface area contributed by atoms with E-state index in [2.05, 4.69) is 10.3 Å². The summed E-state index contributed by atoms with van der Waals surface area (Å²) in [5.41, 5.74) is 11.7. The number of nitrogens with two attached hydrogens (primary N) is 1. The number of aliphatic carboxylic acids is 1. The third-order valence-electron chi connectivity index (χ3n) is 7.76. The standard InChI is InChI=1S/C29H33N5O5S/c1-5-21-16-34(40(37,38)25-9-7-6-8-24(25)39-21)15-20-14-19(11-10-17(20)2)26(27(30)29(35)36)22-12-13-23-28(18(22)3)31-32-33(23)4/h6-14,21,26-27H,5,15-16,30H2,1-4H3,(H,35,36)/t21-,26?,27?/m1/s1. The van der Waals surface area contributed by atoms with E-state index in [1.165, 1.54) is 4.31 Å². The molecule has 0 saturated heterocycles. The SMILES string of the molecule is CC[C@@H]1CN(Cc2cc(C(c3ccc4c(nnn4C)c3C)C(N)C(=O)O)ccc2C)S(=O)(=O)c2ccccc2O1. The molecule has 0 spiro atoms. The summed E-state index contributed by atoms with van der Waals surface area (Å²) in [6.07, 6.45) is 0.329. The van der Waals surface area contributed by atoms with Crippen LogP contribution in [0.1, 0.15) is 47.1 Å². The molecule has 210 valence electrons. The number of sulfonamides is 1. The number of hydrogen-bond acceptors (Lipinski definition) is 7. The van der Waals surface area contributed by atoms with Crippen LogP contribution in [-0.2, 0) is 28.4 Å². The predicted octanol–water partition coefficient (Wildman–Crippen LogP) is 3.49. The third-order valence-corrected chi connectivity index (χ3v) is 9.61. The van der Waals surface area contributed by atoms with Crippen LogP contribution < -0.4 is 10.5 Å². The maximum Gasteiger partial charge on any atom is 0.321 e. The highest BCUT2D eigenvalue weighted by molar-refractivity contribution is 7.89. The molecular formula is C29H33N5O5S. The van der Waals surface area contributed by atoms with E-state index in [0.29, 0.717) is 23.3 Å². The first-order valence-corrected chi connectivity index (χ1v) is 14.6. The van der Waals surface area contributed by atoms with Gasteiger partial charge in [0.15, 0.2) is 0 Å². The number of carboxylic acids is 1. The minimum absolute atomic E-state index is 0.105. The summed E-state index contributed by atoms with van der Waals surface area (Å²) < 4.78 is 36.6. The van der Waals surface area contributed by atoms with Crippen molar-refractivity contribution in [3.05, 3.63) is 82.4 Å². The topological polar surface area (TPSA) is 141 Å². The van der Waals surface area contributed by atoms with E-state index in [1.54, 1.807) is 36.0 Å². The molecule has 2 unspecified atom stereocenters. The van der Waals surface area contributed by atoms with Gasteiger partial charge in [-0.05, 0) is 66.3 Å². The number of carbonyl (C=O) groups is 1. The summed E-state index contributed by atoms with van der Waals surface area (Å²) in [5, 5.41) is 18.3. The van der Waals surface area contributed by atoms with Gasteiger partial charge in [0, 0.05) is 19.5 Å². The number of nitrogens with zero attached hydrogens (tertiary/aromatic N) is 4. The fourth-order valence-electron chi connectivity index (χ4n) is 5.36. The summed E-state index contributed by atoms with van der Waals surface area (Å²) >= 11 is 0. The molecule has 0 aliphatic carbocycles. The van der Waals surface area contributed by atoms with Gasteiger partial charge in [-0.3, -0.25) is 4.79 Å². The lowest BCUT2D eigenvalue weighted by molar-refractivity contribution is -0.138. The van der Waals surface area contributed by atoms with Gasteiger partial charge in [0.05, 0.1) is 12.1 Å². The van der Waals surface area contributed by atoms with E-state index in [-0.39, 0.29) is 24.1 Å². The van der Waals surface area contributed by atoms with Gasteiger partial charge in [0.25, 0.3) is 0 Å². The van der Waals surface area contributed by atoms with Crippen molar-refractivity contribution < 1.29 is 23.1 Å². The molecule has 1 aliphatic rings. The summed E-state index contributed by atoms with van der Waals surface area (Å²) in [7, 11) is -2.05. The normalized spacial score (nSPS) is 18.5. The Labute approximate surface area is 233 Å². The van der Waals surface area contributed by atoms with Gasteiger partial charge in [0.1, 0.15) is 28.3 Å². The molecule has 10 nitrogen and oxygen atoms in total. The molecule has 3 atom stereocenters. The molecule has 11 heteroatoms. The Morgan fingerprint density at radius 2 is 1.93 bits per heavy atom. The molecule has 40 heavy (non-hydrogen) atoms. The zero-order chi connectivity index (χ0) is 28.8. The number of ether oxygens (including phenoxy) is 1. The summed E-state index contributed by atoms with van der Waals surface area (Å²) in [6, 6.07) is 14.8. The first-order chi connectivity index (χ1) is 19.0. The van der Waals surface area contributed by atoms with E-state index in [4.69, 9.17) is 10.5 Å². The van der Waals surface area contributed by atoms with Crippen molar-refractivity contribution in [2.45, 2.75) is 56.7 Å². The Morgan fingerprint density at radius 1 is 1.18 bits per heavy atom. The number of aromatic nitrogens is 3. The molecule has 0 bridgehead atoms. The molecule has 0 radical (unpaired) electrons. The van der Waals surface area contributed by atoms with Gasteiger partial charge in [-0.2, -0.15) is 4.31 Å².